The Morgan fingerprint density at radius 3 is 2.14 bits per heavy atom. The second-order valence-electron chi connectivity index (χ2n) is 7.88. The van der Waals surface area contributed by atoms with Gasteiger partial charge in [-0.1, -0.05) is 27.7 Å². The number of aromatic nitrogens is 2. The van der Waals surface area contributed by atoms with Gasteiger partial charge in [-0.05, 0) is 27.7 Å². The fraction of sp³-hybridized carbons (Fsp3) is 0.750. The smallest absolute Gasteiger partial charge is 0.229 e. The van der Waals surface area contributed by atoms with Crippen LogP contribution in [0, 0.1) is 5.92 Å². The van der Waals surface area contributed by atoms with Gasteiger partial charge >= 0.3 is 0 Å². The summed E-state index contributed by atoms with van der Waals surface area (Å²) in [6.45, 7) is 16.2. The summed E-state index contributed by atoms with van der Waals surface area (Å²) in [7, 11) is 0. The van der Waals surface area contributed by atoms with E-state index in [1.54, 1.807) is 0 Å². The second kappa shape index (κ2) is 5.79. The molecule has 0 aromatic carbocycles. The molecule has 0 radical (unpaired) electrons. The van der Waals surface area contributed by atoms with E-state index in [1.807, 2.05) is 24.6 Å². The Labute approximate surface area is 128 Å². The molecule has 0 aliphatic heterocycles. The van der Waals surface area contributed by atoms with E-state index in [9.17, 15) is 4.79 Å². The van der Waals surface area contributed by atoms with Crippen LogP contribution in [0.5, 0.6) is 0 Å². The molecule has 1 aromatic heterocycles. The molecule has 120 valence electrons. The van der Waals surface area contributed by atoms with Gasteiger partial charge in [-0.2, -0.15) is 5.10 Å². The summed E-state index contributed by atoms with van der Waals surface area (Å²) in [5, 5.41) is 7.65. The largest absolute Gasteiger partial charge is 0.327 e. The fourth-order valence-electron chi connectivity index (χ4n) is 1.83. The molecule has 0 fully saturated rings. The van der Waals surface area contributed by atoms with Crippen molar-refractivity contribution in [2.75, 3.05) is 5.32 Å². The Morgan fingerprint density at radius 1 is 1.24 bits per heavy atom. The van der Waals surface area contributed by atoms with Crippen LogP contribution in [0.4, 0.5) is 5.82 Å². The molecular weight excluding hydrogens is 264 g/mol. The summed E-state index contributed by atoms with van der Waals surface area (Å²) >= 11 is 0. The number of rotatable bonds is 3. The number of nitrogens with two attached hydrogens (primary N) is 1. The second-order valence-corrected chi connectivity index (χ2v) is 7.88. The number of carbonyl (C=O) groups is 1. The minimum absolute atomic E-state index is 0.0667. The van der Waals surface area contributed by atoms with Gasteiger partial charge in [-0.15, -0.1) is 0 Å². The van der Waals surface area contributed by atoms with Crippen LogP contribution in [0.2, 0.25) is 0 Å². The van der Waals surface area contributed by atoms with Crippen LogP contribution >= 0.6 is 0 Å². The molecule has 5 nitrogen and oxygen atoms in total. The summed E-state index contributed by atoms with van der Waals surface area (Å²) < 4.78 is 1.87. The van der Waals surface area contributed by atoms with Gasteiger partial charge in [0.1, 0.15) is 5.82 Å². The molecule has 0 aliphatic rings. The van der Waals surface area contributed by atoms with E-state index >= 15 is 0 Å². The van der Waals surface area contributed by atoms with Crippen LogP contribution in [-0.4, -0.2) is 21.7 Å². The van der Waals surface area contributed by atoms with Gasteiger partial charge in [0.25, 0.3) is 0 Å². The molecule has 1 amide bonds. The molecule has 21 heavy (non-hydrogen) atoms. The Balaban J connectivity index is 3.17. The first-order valence-electron chi connectivity index (χ1n) is 7.51. The van der Waals surface area contributed by atoms with Gasteiger partial charge in [0.05, 0.1) is 17.2 Å². The van der Waals surface area contributed by atoms with Crippen molar-refractivity contribution in [2.45, 2.75) is 72.4 Å². The number of hydrogen-bond donors (Lipinski definition) is 2. The van der Waals surface area contributed by atoms with Crippen molar-refractivity contribution in [3.8, 4) is 0 Å². The van der Waals surface area contributed by atoms with Gasteiger partial charge in [-0.25, -0.2) is 4.68 Å². The van der Waals surface area contributed by atoms with Crippen LogP contribution in [0.25, 0.3) is 0 Å². The number of nitrogens with one attached hydrogen (secondary N) is 1. The summed E-state index contributed by atoms with van der Waals surface area (Å²) in [5.74, 6) is 0.409. The number of amides is 1. The highest BCUT2D eigenvalue weighted by Gasteiger charge is 2.27. The molecule has 1 heterocycles. The first-order valence-corrected chi connectivity index (χ1v) is 7.51. The van der Waals surface area contributed by atoms with E-state index in [0.717, 1.165) is 11.5 Å². The maximum Gasteiger partial charge on any atom is 0.229 e. The lowest BCUT2D eigenvalue weighted by Crippen LogP contribution is -2.35. The molecule has 0 saturated carbocycles. The van der Waals surface area contributed by atoms with Gasteiger partial charge in [-0.3, -0.25) is 4.79 Å². The summed E-state index contributed by atoms with van der Waals surface area (Å²) in [4.78, 5) is 12.3. The first kappa shape index (κ1) is 17.7. The van der Waals surface area contributed by atoms with Crippen molar-refractivity contribution in [1.82, 2.24) is 9.78 Å². The van der Waals surface area contributed by atoms with Gasteiger partial charge < -0.3 is 11.1 Å². The van der Waals surface area contributed by atoms with Crippen LogP contribution in [-0.2, 0) is 15.7 Å². The van der Waals surface area contributed by atoms with Crippen molar-refractivity contribution in [3.05, 3.63) is 11.8 Å². The molecular formula is C16H30N4O. The molecule has 2 atom stereocenters. The highest BCUT2D eigenvalue weighted by atomic mass is 16.2. The molecule has 0 spiro atoms. The van der Waals surface area contributed by atoms with E-state index in [2.05, 4.69) is 52.0 Å². The maximum atomic E-state index is 12.3. The topological polar surface area (TPSA) is 72.9 Å². The molecule has 5 heteroatoms. The Kier molecular flexibility index (Phi) is 4.88. The highest BCUT2D eigenvalue weighted by Crippen LogP contribution is 2.28. The number of carbonyl (C=O) groups excluding carboxylic acids is 1. The molecule has 2 unspecified atom stereocenters. The van der Waals surface area contributed by atoms with Crippen molar-refractivity contribution >= 4 is 11.7 Å². The molecule has 0 saturated heterocycles. The maximum absolute atomic E-state index is 12.3. The minimum Gasteiger partial charge on any atom is -0.327 e. The quantitative estimate of drug-likeness (QED) is 0.900. The SMILES string of the molecule is CC(N)C(C)C(=O)Nc1cc(C(C)(C)C)nn1C(C)(C)C. The number of nitrogens with zero attached hydrogens (tertiary/aromatic N) is 2. The van der Waals surface area contributed by atoms with Crippen LogP contribution in [0.15, 0.2) is 6.07 Å². The van der Waals surface area contributed by atoms with Gasteiger partial charge in [0.15, 0.2) is 0 Å². The lowest BCUT2D eigenvalue weighted by atomic mass is 9.92. The Hall–Kier alpha value is -1.36. The highest BCUT2D eigenvalue weighted by molar-refractivity contribution is 5.92. The normalized spacial score (nSPS) is 15.7. The Bertz CT molecular complexity index is 503. The van der Waals surface area contributed by atoms with Gasteiger partial charge in [0, 0.05) is 17.5 Å². The third kappa shape index (κ3) is 4.30. The summed E-state index contributed by atoms with van der Waals surface area (Å²) in [6, 6.07) is 1.77. The zero-order valence-corrected chi connectivity index (χ0v) is 14.6. The summed E-state index contributed by atoms with van der Waals surface area (Å²) in [5.41, 5.74) is 6.49. The molecule has 3 N–H and O–H groups in total. The van der Waals surface area contributed by atoms with Gasteiger partial charge in [0.2, 0.25) is 5.91 Å². The van der Waals surface area contributed by atoms with E-state index in [0.29, 0.717) is 0 Å². The standard InChI is InChI=1S/C16H30N4O/c1-10(11(2)17)14(21)18-13-9-12(15(3,4)5)19-20(13)16(6,7)8/h9-11H,17H2,1-8H3,(H,18,21). The number of hydrogen-bond acceptors (Lipinski definition) is 3. The predicted octanol–water partition coefficient (Wildman–Crippen LogP) is 2.86. The minimum atomic E-state index is -0.244. The molecule has 1 rings (SSSR count). The van der Waals surface area contributed by atoms with Crippen LogP contribution in [0.3, 0.4) is 0 Å². The zero-order chi connectivity index (χ0) is 16.6. The fourth-order valence-corrected chi connectivity index (χ4v) is 1.83. The third-order valence-electron chi connectivity index (χ3n) is 3.57. The predicted molar refractivity (Wildman–Crippen MR) is 87.4 cm³/mol. The molecule has 0 bridgehead atoms. The zero-order valence-electron chi connectivity index (χ0n) is 14.6. The lowest BCUT2D eigenvalue weighted by Gasteiger charge is -2.24. The number of anilines is 1. The van der Waals surface area contributed by atoms with E-state index < -0.39 is 0 Å². The van der Waals surface area contributed by atoms with Crippen LogP contribution in [0.1, 0.15) is 61.1 Å². The van der Waals surface area contributed by atoms with E-state index in [1.165, 1.54) is 0 Å². The monoisotopic (exact) mass is 294 g/mol. The summed E-state index contributed by atoms with van der Waals surface area (Å²) in [6.07, 6.45) is 0. The van der Waals surface area contributed by atoms with E-state index in [-0.39, 0.29) is 28.8 Å². The molecule has 1 aromatic rings. The Morgan fingerprint density at radius 2 is 1.76 bits per heavy atom. The molecule has 0 aliphatic carbocycles. The van der Waals surface area contributed by atoms with Crippen molar-refractivity contribution in [3.63, 3.8) is 0 Å². The van der Waals surface area contributed by atoms with E-state index in [4.69, 9.17) is 5.73 Å². The average molecular weight is 294 g/mol. The van der Waals surface area contributed by atoms with Crippen molar-refractivity contribution in [1.29, 1.82) is 0 Å². The third-order valence-corrected chi connectivity index (χ3v) is 3.57. The first-order chi connectivity index (χ1) is 9.34. The average Bonchev–Trinajstić information content (AvgIpc) is 2.70. The van der Waals surface area contributed by atoms with Crippen molar-refractivity contribution < 1.29 is 4.79 Å². The van der Waals surface area contributed by atoms with Crippen LogP contribution < -0.4 is 11.1 Å². The van der Waals surface area contributed by atoms with Crippen molar-refractivity contribution in [2.24, 2.45) is 11.7 Å². The lowest BCUT2D eigenvalue weighted by molar-refractivity contribution is -0.119.